The summed E-state index contributed by atoms with van der Waals surface area (Å²) in [7, 11) is 0. The van der Waals surface area contributed by atoms with Crippen LogP contribution >= 0.6 is 15.9 Å². The van der Waals surface area contributed by atoms with Crippen LogP contribution in [0.1, 0.15) is 52.1 Å². The lowest BCUT2D eigenvalue weighted by Gasteiger charge is -2.35. The lowest BCUT2D eigenvalue weighted by Crippen LogP contribution is -2.35. The van der Waals surface area contributed by atoms with Crippen molar-refractivity contribution in [1.29, 1.82) is 0 Å². The van der Waals surface area contributed by atoms with Crippen LogP contribution in [0.5, 0.6) is 0 Å². The van der Waals surface area contributed by atoms with E-state index in [0.29, 0.717) is 5.56 Å². The van der Waals surface area contributed by atoms with E-state index in [-0.39, 0.29) is 21.7 Å². The molecule has 0 aromatic heterocycles. The van der Waals surface area contributed by atoms with E-state index in [9.17, 15) is 8.78 Å². The predicted octanol–water partition coefficient (Wildman–Crippen LogP) is 5.20. The van der Waals surface area contributed by atoms with Crippen molar-refractivity contribution in [2.45, 2.75) is 46.6 Å². The monoisotopic (exact) mass is 333 g/mol. The largest absolute Gasteiger partial charge is 0.309 e. The molecule has 108 valence electrons. The third-order valence-corrected chi connectivity index (χ3v) is 4.25. The first kappa shape index (κ1) is 16.6. The number of rotatable bonds is 6. The summed E-state index contributed by atoms with van der Waals surface area (Å²) in [5.74, 6) is -0.796. The molecule has 0 amide bonds. The zero-order chi connectivity index (χ0) is 14.6. The van der Waals surface area contributed by atoms with Crippen molar-refractivity contribution >= 4 is 15.9 Å². The second-order valence-electron chi connectivity index (χ2n) is 5.52. The Hall–Kier alpha value is -0.480. The van der Waals surface area contributed by atoms with Crippen molar-refractivity contribution in [1.82, 2.24) is 5.32 Å². The minimum absolute atomic E-state index is 0.143. The Morgan fingerprint density at radius 3 is 2.37 bits per heavy atom. The molecule has 0 aliphatic rings. The molecule has 19 heavy (non-hydrogen) atoms. The normalized spacial score (nSPS) is 13.6. The number of nitrogens with one attached hydrogen (secondary N) is 1. The maximum Gasteiger partial charge on any atom is 0.137 e. The molecule has 0 aliphatic carbocycles. The highest BCUT2D eigenvalue weighted by Crippen LogP contribution is 2.38. The minimum atomic E-state index is -0.424. The summed E-state index contributed by atoms with van der Waals surface area (Å²) in [6.45, 7) is 9.04. The van der Waals surface area contributed by atoms with Crippen molar-refractivity contribution < 1.29 is 8.78 Å². The fraction of sp³-hybridized carbons (Fsp3) is 0.600. The highest BCUT2D eigenvalue weighted by atomic mass is 79.9. The van der Waals surface area contributed by atoms with Gasteiger partial charge in [-0.1, -0.05) is 27.7 Å². The van der Waals surface area contributed by atoms with Gasteiger partial charge in [0, 0.05) is 11.6 Å². The van der Waals surface area contributed by atoms with Gasteiger partial charge in [-0.25, -0.2) is 8.78 Å². The molecule has 1 aromatic rings. The van der Waals surface area contributed by atoms with Crippen molar-refractivity contribution in [2.75, 3.05) is 6.54 Å². The summed E-state index contributed by atoms with van der Waals surface area (Å²) in [6, 6.07) is 2.31. The Morgan fingerprint density at radius 2 is 1.84 bits per heavy atom. The van der Waals surface area contributed by atoms with E-state index in [1.807, 2.05) is 0 Å². The molecule has 0 aliphatic heterocycles. The van der Waals surface area contributed by atoms with Gasteiger partial charge in [0.05, 0.1) is 4.47 Å². The van der Waals surface area contributed by atoms with Crippen LogP contribution in [0.3, 0.4) is 0 Å². The Labute approximate surface area is 122 Å². The van der Waals surface area contributed by atoms with Gasteiger partial charge >= 0.3 is 0 Å². The fourth-order valence-electron chi connectivity index (χ4n) is 2.06. The minimum Gasteiger partial charge on any atom is -0.309 e. The topological polar surface area (TPSA) is 12.0 Å². The molecule has 0 saturated heterocycles. The first-order chi connectivity index (χ1) is 8.83. The van der Waals surface area contributed by atoms with E-state index < -0.39 is 5.82 Å². The molecule has 0 bridgehead atoms. The lowest BCUT2D eigenvalue weighted by atomic mass is 9.78. The Balaban J connectivity index is 3.21. The van der Waals surface area contributed by atoms with Gasteiger partial charge in [-0.05, 0) is 52.9 Å². The smallest absolute Gasteiger partial charge is 0.137 e. The maximum atomic E-state index is 14.1. The molecule has 1 N–H and O–H groups in total. The standard InChI is InChI=1S/C15H22BrF2N/c1-5-7-19-14(15(3,4)6-2)10-8-13(18)11(16)9-12(10)17/h8-9,14,19H,5-7H2,1-4H3. The van der Waals surface area contributed by atoms with Gasteiger partial charge < -0.3 is 5.32 Å². The average Bonchev–Trinajstić information content (AvgIpc) is 2.35. The molecule has 1 aromatic carbocycles. The second-order valence-corrected chi connectivity index (χ2v) is 6.37. The maximum absolute atomic E-state index is 14.1. The van der Waals surface area contributed by atoms with Crippen LogP contribution in [0.2, 0.25) is 0 Å². The molecule has 0 fully saturated rings. The summed E-state index contributed by atoms with van der Waals surface area (Å²) in [5.41, 5.74) is 0.261. The van der Waals surface area contributed by atoms with Gasteiger partial charge in [0.25, 0.3) is 0 Å². The molecular formula is C15H22BrF2N. The zero-order valence-electron chi connectivity index (χ0n) is 12.0. The zero-order valence-corrected chi connectivity index (χ0v) is 13.6. The molecule has 0 heterocycles. The Bertz CT molecular complexity index is 432. The van der Waals surface area contributed by atoms with Crippen molar-refractivity contribution in [2.24, 2.45) is 5.41 Å². The Morgan fingerprint density at radius 1 is 1.21 bits per heavy atom. The van der Waals surface area contributed by atoms with Crippen molar-refractivity contribution in [3.63, 3.8) is 0 Å². The SMILES string of the molecule is CCCNC(c1cc(F)c(Br)cc1F)C(C)(C)CC. The van der Waals surface area contributed by atoms with Crippen LogP contribution in [0.4, 0.5) is 8.78 Å². The number of benzene rings is 1. The summed E-state index contributed by atoms with van der Waals surface area (Å²) in [4.78, 5) is 0. The summed E-state index contributed by atoms with van der Waals surface area (Å²) in [5, 5.41) is 3.34. The number of hydrogen-bond acceptors (Lipinski definition) is 1. The third-order valence-electron chi connectivity index (χ3n) is 3.64. The molecule has 1 rings (SSSR count). The second kappa shape index (κ2) is 6.80. The molecule has 1 unspecified atom stereocenters. The van der Waals surface area contributed by atoms with Gasteiger partial charge in [-0.15, -0.1) is 0 Å². The van der Waals surface area contributed by atoms with Gasteiger partial charge in [-0.2, -0.15) is 0 Å². The van der Waals surface area contributed by atoms with Crippen LogP contribution in [0, 0.1) is 17.0 Å². The quantitative estimate of drug-likeness (QED) is 0.705. The van der Waals surface area contributed by atoms with E-state index in [2.05, 4.69) is 48.9 Å². The molecule has 1 atom stereocenters. The van der Waals surface area contributed by atoms with E-state index in [0.717, 1.165) is 19.4 Å². The van der Waals surface area contributed by atoms with E-state index in [4.69, 9.17) is 0 Å². The summed E-state index contributed by atoms with van der Waals surface area (Å²) in [6.07, 6.45) is 1.84. The molecule has 0 saturated carbocycles. The molecule has 1 nitrogen and oxygen atoms in total. The van der Waals surface area contributed by atoms with Crippen LogP contribution in [-0.2, 0) is 0 Å². The van der Waals surface area contributed by atoms with Gasteiger partial charge in [0.1, 0.15) is 11.6 Å². The first-order valence-electron chi connectivity index (χ1n) is 6.71. The third kappa shape index (κ3) is 3.99. The van der Waals surface area contributed by atoms with Gasteiger partial charge in [0.2, 0.25) is 0 Å². The van der Waals surface area contributed by atoms with E-state index in [1.165, 1.54) is 12.1 Å². The summed E-state index contributed by atoms with van der Waals surface area (Å²) < 4.78 is 28.0. The van der Waals surface area contributed by atoms with Crippen LogP contribution in [0.15, 0.2) is 16.6 Å². The number of hydrogen-bond donors (Lipinski definition) is 1. The van der Waals surface area contributed by atoms with Gasteiger partial charge in [0.15, 0.2) is 0 Å². The molecule has 0 radical (unpaired) electrons. The van der Waals surface area contributed by atoms with Crippen molar-refractivity contribution in [3.05, 3.63) is 33.8 Å². The highest BCUT2D eigenvalue weighted by Gasteiger charge is 2.31. The van der Waals surface area contributed by atoms with Crippen molar-refractivity contribution in [3.8, 4) is 0 Å². The number of halogens is 3. The Kier molecular flexibility index (Phi) is 5.93. The predicted molar refractivity (Wildman–Crippen MR) is 79.2 cm³/mol. The molecule has 0 spiro atoms. The highest BCUT2D eigenvalue weighted by molar-refractivity contribution is 9.10. The average molecular weight is 334 g/mol. The van der Waals surface area contributed by atoms with Crippen LogP contribution in [-0.4, -0.2) is 6.54 Å². The fourth-order valence-corrected chi connectivity index (χ4v) is 2.37. The van der Waals surface area contributed by atoms with E-state index >= 15 is 0 Å². The first-order valence-corrected chi connectivity index (χ1v) is 7.50. The van der Waals surface area contributed by atoms with Crippen LogP contribution < -0.4 is 5.32 Å². The molecule has 4 heteroatoms. The molecular weight excluding hydrogens is 312 g/mol. The van der Waals surface area contributed by atoms with Gasteiger partial charge in [-0.3, -0.25) is 0 Å². The van der Waals surface area contributed by atoms with E-state index in [1.54, 1.807) is 0 Å². The van der Waals surface area contributed by atoms with Crippen LogP contribution in [0.25, 0.3) is 0 Å². The lowest BCUT2D eigenvalue weighted by molar-refractivity contribution is 0.229. The summed E-state index contributed by atoms with van der Waals surface area (Å²) >= 11 is 3.01.